The summed E-state index contributed by atoms with van der Waals surface area (Å²) >= 11 is 0. The van der Waals surface area contributed by atoms with Gasteiger partial charge in [-0.1, -0.05) is 12.1 Å². The lowest BCUT2D eigenvalue weighted by Crippen LogP contribution is -2.58. The van der Waals surface area contributed by atoms with Crippen molar-refractivity contribution in [3.05, 3.63) is 24.3 Å². The van der Waals surface area contributed by atoms with Crippen molar-refractivity contribution in [1.82, 2.24) is 9.62 Å². The summed E-state index contributed by atoms with van der Waals surface area (Å²) < 4.78 is 45.4. The highest BCUT2D eigenvalue weighted by atomic mass is 32.2. The predicted octanol–water partition coefficient (Wildman–Crippen LogP) is 1.29. The molecule has 1 N–H and O–H groups in total. The number of piperazine rings is 1. The molecule has 31 heavy (non-hydrogen) atoms. The fraction of sp³-hybridized carbons (Fsp3) is 0.667. The first-order valence-electron chi connectivity index (χ1n) is 10.6. The molecule has 0 saturated carbocycles. The zero-order valence-electron chi connectivity index (χ0n) is 19.4. The average molecular weight is 452 g/mol. The Morgan fingerprint density at radius 3 is 2.19 bits per heavy atom. The lowest BCUT2D eigenvalue weighted by atomic mass is 9.79. The molecule has 2 heterocycles. The van der Waals surface area contributed by atoms with Gasteiger partial charge in [0.25, 0.3) is 0 Å². The van der Waals surface area contributed by atoms with E-state index in [1.807, 2.05) is 27.7 Å². The van der Waals surface area contributed by atoms with Crippen LogP contribution in [0.1, 0.15) is 48.5 Å². The summed E-state index contributed by atoms with van der Waals surface area (Å²) in [5.41, 5.74) is -0.927. The second-order valence-corrected chi connectivity index (χ2v) is 11.9. The Kier molecular flexibility index (Phi) is 6.36. The SMILES string of the molecule is CC(C)(C)OC(=O)C1CNCCN1S(=O)(=O)c1ccc(B2OC(C)(C)C(C)(C)O2)cc1. The molecular weight excluding hydrogens is 419 g/mol. The third-order valence-corrected chi connectivity index (χ3v) is 7.81. The van der Waals surface area contributed by atoms with Gasteiger partial charge in [-0.2, -0.15) is 4.31 Å². The van der Waals surface area contributed by atoms with Crippen molar-refractivity contribution < 1.29 is 27.3 Å². The van der Waals surface area contributed by atoms with Crippen LogP contribution in [0.3, 0.4) is 0 Å². The van der Waals surface area contributed by atoms with Gasteiger partial charge in [-0.05, 0) is 66.1 Å². The molecule has 2 aliphatic heterocycles. The first-order valence-corrected chi connectivity index (χ1v) is 12.0. The quantitative estimate of drug-likeness (QED) is 0.544. The number of carbonyl (C=O) groups excluding carboxylic acids is 1. The Bertz CT molecular complexity index is 908. The van der Waals surface area contributed by atoms with Gasteiger partial charge in [0.1, 0.15) is 11.6 Å². The Morgan fingerprint density at radius 1 is 1.13 bits per heavy atom. The molecule has 2 fully saturated rings. The third kappa shape index (κ3) is 4.98. The van der Waals surface area contributed by atoms with Gasteiger partial charge in [-0.25, -0.2) is 8.42 Å². The van der Waals surface area contributed by atoms with Crippen LogP contribution in [0.4, 0.5) is 0 Å². The van der Waals surface area contributed by atoms with E-state index in [2.05, 4.69) is 5.32 Å². The fourth-order valence-corrected chi connectivity index (χ4v) is 5.03. The lowest BCUT2D eigenvalue weighted by Gasteiger charge is -2.35. The van der Waals surface area contributed by atoms with Crippen LogP contribution in [0, 0.1) is 0 Å². The van der Waals surface area contributed by atoms with Crippen LogP contribution < -0.4 is 10.8 Å². The fourth-order valence-electron chi connectivity index (χ4n) is 3.46. The van der Waals surface area contributed by atoms with Crippen molar-refractivity contribution in [1.29, 1.82) is 0 Å². The molecule has 2 aliphatic rings. The summed E-state index contributed by atoms with van der Waals surface area (Å²) in [7, 11) is -4.46. The van der Waals surface area contributed by atoms with E-state index in [-0.39, 0.29) is 18.0 Å². The molecule has 0 amide bonds. The molecular formula is C21H33BN2O6S. The Labute approximate surface area is 185 Å². The standard InChI is InChI=1S/C21H33BN2O6S/c1-19(2,3)28-18(25)17-14-23-12-13-24(17)31(26,27)16-10-8-15(9-11-16)22-29-20(4,5)21(6,7)30-22/h8-11,17,23H,12-14H2,1-7H3. The van der Waals surface area contributed by atoms with E-state index in [0.717, 1.165) is 5.46 Å². The molecule has 172 valence electrons. The zero-order chi connectivity index (χ0) is 23.2. The van der Waals surface area contributed by atoms with E-state index in [1.54, 1.807) is 32.9 Å². The van der Waals surface area contributed by atoms with Crippen molar-refractivity contribution in [2.45, 2.75) is 76.2 Å². The molecule has 0 spiro atoms. The molecule has 0 aliphatic carbocycles. The van der Waals surface area contributed by atoms with Crippen LogP contribution in [-0.2, 0) is 28.9 Å². The number of nitrogens with one attached hydrogen (secondary N) is 1. The van der Waals surface area contributed by atoms with Gasteiger partial charge < -0.3 is 19.4 Å². The number of rotatable bonds is 4. The number of hydrogen-bond acceptors (Lipinski definition) is 7. The van der Waals surface area contributed by atoms with E-state index in [9.17, 15) is 13.2 Å². The lowest BCUT2D eigenvalue weighted by molar-refractivity contribution is -0.160. The van der Waals surface area contributed by atoms with Crippen molar-refractivity contribution >= 4 is 28.6 Å². The summed E-state index contributed by atoms with van der Waals surface area (Å²) in [5.74, 6) is -0.558. The summed E-state index contributed by atoms with van der Waals surface area (Å²) in [4.78, 5) is 12.8. The van der Waals surface area contributed by atoms with Crippen LogP contribution in [0.15, 0.2) is 29.2 Å². The van der Waals surface area contributed by atoms with Crippen molar-refractivity contribution in [2.24, 2.45) is 0 Å². The minimum Gasteiger partial charge on any atom is -0.459 e. The molecule has 1 unspecified atom stereocenters. The monoisotopic (exact) mass is 452 g/mol. The highest BCUT2D eigenvalue weighted by molar-refractivity contribution is 7.89. The maximum Gasteiger partial charge on any atom is 0.494 e. The van der Waals surface area contributed by atoms with E-state index in [1.165, 1.54) is 16.4 Å². The first kappa shape index (κ1) is 24.2. The Morgan fingerprint density at radius 2 is 1.68 bits per heavy atom. The third-order valence-electron chi connectivity index (χ3n) is 5.89. The van der Waals surface area contributed by atoms with E-state index in [4.69, 9.17) is 14.0 Å². The molecule has 1 aromatic carbocycles. The topological polar surface area (TPSA) is 94.2 Å². The average Bonchev–Trinajstić information content (AvgIpc) is 2.88. The largest absolute Gasteiger partial charge is 0.494 e. The second kappa shape index (κ2) is 8.15. The number of sulfonamides is 1. The number of esters is 1. The minimum atomic E-state index is -3.89. The highest BCUT2D eigenvalue weighted by Crippen LogP contribution is 2.36. The molecule has 2 saturated heterocycles. The molecule has 0 bridgehead atoms. The van der Waals surface area contributed by atoms with E-state index >= 15 is 0 Å². The van der Waals surface area contributed by atoms with Gasteiger partial charge in [0, 0.05) is 19.6 Å². The maximum absolute atomic E-state index is 13.3. The number of nitrogens with zero attached hydrogens (tertiary/aromatic N) is 1. The van der Waals surface area contributed by atoms with E-state index < -0.39 is 46.0 Å². The molecule has 8 nitrogen and oxygen atoms in total. The minimum absolute atomic E-state index is 0.114. The summed E-state index contributed by atoms with van der Waals surface area (Å²) in [6, 6.07) is 5.54. The van der Waals surface area contributed by atoms with Gasteiger partial charge in [0.05, 0.1) is 16.1 Å². The summed E-state index contributed by atoms with van der Waals surface area (Å²) in [6.07, 6.45) is 0. The smallest absolute Gasteiger partial charge is 0.459 e. The van der Waals surface area contributed by atoms with Crippen molar-refractivity contribution in [3.8, 4) is 0 Å². The predicted molar refractivity (Wildman–Crippen MR) is 119 cm³/mol. The number of benzene rings is 1. The van der Waals surface area contributed by atoms with Crippen LogP contribution in [-0.4, -0.2) is 68.3 Å². The van der Waals surface area contributed by atoms with Crippen LogP contribution in [0.2, 0.25) is 0 Å². The highest BCUT2D eigenvalue weighted by Gasteiger charge is 2.51. The molecule has 1 atom stereocenters. The number of carbonyl (C=O) groups is 1. The van der Waals surface area contributed by atoms with E-state index in [0.29, 0.717) is 6.54 Å². The molecule has 1 aromatic rings. The summed E-state index contributed by atoms with van der Waals surface area (Å²) in [6.45, 7) is 14.0. The zero-order valence-corrected chi connectivity index (χ0v) is 20.2. The van der Waals surface area contributed by atoms with Gasteiger partial charge in [-0.15, -0.1) is 0 Å². The maximum atomic E-state index is 13.3. The van der Waals surface area contributed by atoms with Crippen LogP contribution in [0.5, 0.6) is 0 Å². The van der Waals surface area contributed by atoms with Gasteiger partial charge >= 0.3 is 13.1 Å². The Balaban J connectivity index is 1.82. The molecule has 10 heteroatoms. The molecule has 0 radical (unpaired) electrons. The summed E-state index contributed by atoms with van der Waals surface area (Å²) in [5, 5.41) is 3.08. The number of hydrogen-bond donors (Lipinski definition) is 1. The van der Waals surface area contributed by atoms with Crippen molar-refractivity contribution in [2.75, 3.05) is 19.6 Å². The molecule has 0 aromatic heterocycles. The van der Waals surface area contributed by atoms with Crippen molar-refractivity contribution in [3.63, 3.8) is 0 Å². The van der Waals surface area contributed by atoms with Crippen LogP contribution in [0.25, 0.3) is 0 Å². The normalized spacial score (nSPS) is 24.2. The van der Waals surface area contributed by atoms with Gasteiger partial charge in [-0.3, -0.25) is 4.79 Å². The first-order chi connectivity index (χ1) is 14.1. The second-order valence-electron chi connectivity index (χ2n) is 10.0. The molecule has 3 rings (SSSR count). The van der Waals surface area contributed by atoms with Crippen LogP contribution >= 0.6 is 0 Å². The van der Waals surface area contributed by atoms with Gasteiger partial charge in [0.2, 0.25) is 10.0 Å². The van der Waals surface area contributed by atoms with Gasteiger partial charge in [0.15, 0.2) is 0 Å². The Hall–Kier alpha value is -1.46. The number of ether oxygens (including phenoxy) is 1.